The molecule has 2 heterocycles. The van der Waals surface area contributed by atoms with Gasteiger partial charge in [-0.2, -0.15) is 0 Å². The number of carbonyl (C=O) groups is 3. The molecule has 2 saturated heterocycles. The molecule has 10 atom stereocenters. The van der Waals surface area contributed by atoms with Crippen LogP contribution < -0.4 is 0 Å². The van der Waals surface area contributed by atoms with Crippen LogP contribution in [0.2, 0.25) is 0 Å². The molecule has 6 aromatic carbocycles. The molecule has 0 amide bonds. The summed E-state index contributed by atoms with van der Waals surface area (Å²) >= 11 is 0. The van der Waals surface area contributed by atoms with Crippen LogP contribution in [0.1, 0.15) is 67.0 Å². The van der Waals surface area contributed by atoms with Gasteiger partial charge in [0.2, 0.25) is 0 Å². The van der Waals surface area contributed by atoms with E-state index in [0.717, 1.165) is 33.4 Å². The van der Waals surface area contributed by atoms with Gasteiger partial charge >= 0.3 is 11.9 Å². The van der Waals surface area contributed by atoms with E-state index in [9.17, 15) is 14.4 Å². The number of ketones is 1. The van der Waals surface area contributed by atoms with Crippen LogP contribution in [0.3, 0.4) is 0 Å². The lowest BCUT2D eigenvalue weighted by molar-refractivity contribution is -0.377. The second kappa shape index (κ2) is 29.5. The minimum Gasteiger partial charge on any atom is -0.463 e. The first-order valence-corrected chi connectivity index (χ1v) is 26.7. The number of hydrogen-bond donors (Lipinski definition) is 0. The molecule has 78 heavy (non-hydrogen) atoms. The van der Waals surface area contributed by atoms with E-state index in [1.165, 1.54) is 7.11 Å². The topological polar surface area (TPSA) is 153 Å². The molecule has 2 fully saturated rings. The van der Waals surface area contributed by atoms with Gasteiger partial charge in [-0.25, -0.2) is 0 Å². The Bertz CT molecular complexity index is 2690. The van der Waals surface area contributed by atoms with Gasteiger partial charge in [-0.1, -0.05) is 182 Å². The van der Waals surface area contributed by atoms with E-state index in [1.54, 1.807) is 20.8 Å². The van der Waals surface area contributed by atoms with E-state index in [2.05, 4.69) is 0 Å². The number of esters is 2. The summed E-state index contributed by atoms with van der Waals surface area (Å²) in [6.07, 6.45) is -10.8. The second-order valence-electron chi connectivity index (χ2n) is 20.5. The second-order valence-corrected chi connectivity index (χ2v) is 20.5. The Kier molecular flexibility index (Phi) is 21.8. The molecule has 0 aliphatic carbocycles. The van der Waals surface area contributed by atoms with Crippen molar-refractivity contribution in [3.05, 3.63) is 215 Å². The molecule has 0 spiro atoms. The van der Waals surface area contributed by atoms with Gasteiger partial charge in [0.1, 0.15) is 55.1 Å². The highest BCUT2D eigenvalue weighted by Crippen LogP contribution is 2.37. The van der Waals surface area contributed by atoms with Crippen LogP contribution in [0.25, 0.3) is 0 Å². The Morgan fingerprint density at radius 3 is 1.26 bits per heavy atom. The Labute approximate surface area is 458 Å². The predicted molar refractivity (Wildman–Crippen MR) is 290 cm³/mol. The number of benzene rings is 6. The standard InChI is InChI=1S/C64H72O14/c1-64(2,3)63(67)78-60-58(74-42-50-33-21-10-22-34-50)56(72-40-48-29-17-8-18-30-48)53(44-70-54(66)36-35-51(65)37-45-23-11-5-12-24-45)76-62(60)77-59-57(73-41-49-31-19-9-20-32-49)55(71-39-47-27-15-7-16-28-47)52(75-61(59)68-4)43-69-38-46-25-13-6-14-26-46/h5-34,52-53,55-62H,35-44H2,1-4H3/t52-,53-,55-,56-,57+,58+,59-,60-,61-,62-/m1/s1. The van der Waals surface area contributed by atoms with Gasteiger partial charge in [0.05, 0.1) is 51.5 Å². The third-order valence-corrected chi connectivity index (χ3v) is 13.4. The van der Waals surface area contributed by atoms with Crippen LogP contribution in [0.5, 0.6) is 0 Å². The zero-order valence-electron chi connectivity index (χ0n) is 44.9. The number of rotatable bonds is 27. The van der Waals surface area contributed by atoms with Crippen molar-refractivity contribution in [2.75, 3.05) is 20.3 Å². The summed E-state index contributed by atoms with van der Waals surface area (Å²) in [7, 11) is 1.51. The quantitative estimate of drug-likeness (QED) is 0.0450. The smallest absolute Gasteiger partial charge is 0.311 e. The van der Waals surface area contributed by atoms with E-state index < -0.39 is 78.8 Å². The van der Waals surface area contributed by atoms with E-state index in [0.29, 0.717) is 6.61 Å². The third kappa shape index (κ3) is 17.3. The minimum absolute atomic E-state index is 0.0250. The lowest BCUT2D eigenvalue weighted by Crippen LogP contribution is -2.66. The number of carbonyl (C=O) groups excluding carboxylic acids is 3. The summed E-state index contributed by atoms with van der Waals surface area (Å²) in [6, 6.07) is 57.8. The van der Waals surface area contributed by atoms with Crippen molar-refractivity contribution in [3.8, 4) is 0 Å². The number of Topliss-reactive ketones (excluding diaryl/α,β-unsaturated/α-hetero) is 1. The fourth-order valence-corrected chi connectivity index (χ4v) is 9.17. The van der Waals surface area contributed by atoms with Gasteiger partial charge in [-0.3, -0.25) is 14.4 Å². The van der Waals surface area contributed by atoms with Crippen LogP contribution in [-0.4, -0.2) is 99.5 Å². The first-order valence-electron chi connectivity index (χ1n) is 26.7. The van der Waals surface area contributed by atoms with Gasteiger partial charge in [0.25, 0.3) is 0 Å². The van der Waals surface area contributed by atoms with Crippen LogP contribution >= 0.6 is 0 Å². The molecule has 8 rings (SSSR count). The fraction of sp³-hybridized carbons (Fsp3) is 0.391. The minimum atomic E-state index is -1.46. The van der Waals surface area contributed by atoms with Gasteiger partial charge < -0.3 is 52.1 Å². The Morgan fingerprint density at radius 1 is 0.436 bits per heavy atom. The predicted octanol–water partition coefficient (Wildman–Crippen LogP) is 10.1. The maximum Gasteiger partial charge on any atom is 0.311 e. The van der Waals surface area contributed by atoms with Gasteiger partial charge in [-0.05, 0) is 54.2 Å². The Morgan fingerprint density at radius 2 is 0.821 bits per heavy atom. The summed E-state index contributed by atoms with van der Waals surface area (Å²) in [5.41, 5.74) is 4.32. The number of methoxy groups -OCH3 is 1. The molecule has 0 radical (unpaired) electrons. The van der Waals surface area contributed by atoms with E-state index >= 15 is 0 Å². The van der Waals surface area contributed by atoms with Crippen LogP contribution in [0, 0.1) is 5.41 Å². The highest BCUT2D eigenvalue weighted by Gasteiger charge is 2.56. The average molecular weight is 1070 g/mol. The number of hydrogen-bond acceptors (Lipinski definition) is 14. The van der Waals surface area contributed by atoms with Crippen molar-refractivity contribution in [1.29, 1.82) is 0 Å². The summed E-state index contributed by atoms with van der Waals surface area (Å²) in [6.45, 7) is 5.81. The van der Waals surface area contributed by atoms with Gasteiger partial charge in [0, 0.05) is 20.0 Å². The molecular formula is C64H72O14. The molecule has 14 nitrogen and oxygen atoms in total. The van der Waals surface area contributed by atoms with Crippen molar-refractivity contribution in [2.24, 2.45) is 5.41 Å². The van der Waals surface area contributed by atoms with E-state index in [-0.39, 0.29) is 64.7 Å². The van der Waals surface area contributed by atoms with Crippen molar-refractivity contribution < 1.29 is 66.5 Å². The normalized spacial score (nSPS) is 23.3. The first kappa shape index (κ1) is 57.7. The Hall–Kier alpha value is -6.43. The summed E-state index contributed by atoms with van der Waals surface area (Å²) in [5, 5.41) is 0. The largest absolute Gasteiger partial charge is 0.463 e. The van der Waals surface area contributed by atoms with Crippen LogP contribution in [-0.2, 0) is 106 Å². The molecule has 14 heteroatoms. The van der Waals surface area contributed by atoms with E-state index in [4.69, 9.17) is 52.1 Å². The molecule has 0 N–H and O–H groups in total. The highest BCUT2D eigenvalue weighted by molar-refractivity contribution is 5.84. The first-order chi connectivity index (χ1) is 38.0. The summed E-state index contributed by atoms with van der Waals surface area (Å²) in [5.74, 6) is -1.29. The molecular weight excluding hydrogens is 993 g/mol. The molecule has 2 aliphatic heterocycles. The Balaban J connectivity index is 1.16. The molecule has 0 unspecified atom stereocenters. The average Bonchev–Trinajstić information content (AvgIpc) is 3.65. The maximum atomic E-state index is 14.3. The summed E-state index contributed by atoms with van der Waals surface area (Å²) < 4.78 is 73.6. The van der Waals surface area contributed by atoms with E-state index in [1.807, 2.05) is 182 Å². The van der Waals surface area contributed by atoms with Crippen molar-refractivity contribution in [3.63, 3.8) is 0 Å². The maximum absolute atomic E-state index is 14.3. The number of ether oxygens (including phenoxy) is 11. The van der Waals surface area contributed by atoms with Gasteiger partial charge in [-0.15, -0.1) is 0 Å². The molecule has 2 aliphatic rings. The zero-order chi connectivity index (χ0) is 54.5. The highest BCUT2D eigenvalue weighted by atomic mass is 16.8. The van der Waals surface area contributed by atoms with Crippen LogP contribution in [0.4, 0.5) is 0 Å². The summed E-state index contributed by atoms with van der Waals surface area (Å²) in [4.78, 5) is 41.1. The molecule has 6 aromatic rings. The van der Waals surface area contributed by atoms with Crippen molar-refractivity contribution in [2.45, 2.75) is 134 Å². The van der Waals surface area contributed by atoms with Crippen molar-refractivity contribution in [1.82, 2.24) is 0 Å². The monoisotopic (exact) mass is 1060 g/mol. The molecule has 0 bridgehead atoms. The van der Waals surface area contributed by atoms with Gasteiger partial charge in [0.15, 0.2) is 18.7 Å². The lowest BCUT2D eigenvalue weighted by atomic mass is 9.94. The molecule has 0 saturated carbocycles. The zero-order valence-corrected chi connectivity index (χ0v) is 44.9. The fourth-order valence-electron chi connectivity index (χ4n) is 9.17. The lowest BCUT2D eigenvalue weighted by Gasteiger charge is -2.50. The van der Waals surface area contributed by atoms with Crippen molar-refractivity contribution >= 4 is 17.7 Å². The third-order valence-electron chi connectivity index (χ3n) is 13.4. The SMILES string of the molecule is CO[C@@H]1O[C@H](COCc2ccccc2)[C@@H](OCc2ccccc2)[C@H](OCc2ccccc2)[C@H]1O[C@H]1O[C@H](COC(=O)CCC(=O)Cc2ccccc2)[C@@H](OCc2ccccc2)[C@H](OCc2ccccc2)[C@H]1OC(=O)C(C)(C)C. The van der Waals surface area contributed by atoms with Crippen LogP contribution in [0.15, 0.2) is 182 Å². The molecule has 412 valence electrons. The molecule has 0 aromatic heterocycles.